The number of benzene rings is 2. The SMILES string of the molecule is COc1ccc(Cn2c(=O)oc3ccccc32)cc1N. The summed E-state index contributed by atoms with van der Waals surface area (Å²) in [6.07, 6.45) is 0. The number of nitrogens with zero attached hydrogens (tertiary/aromatic N) is 1. The average molecular weight is 270 g/mol. The Morgan fingerprint density at radius 2 is 2.05 bits per heavy atom. The van der Waals surface area contributed by atoms with Gasteiger partial charge < -0.3 is 14.9 Å². The molecule has 2 aromatic carbocycles. The molecule has 1 aromatic heterocycles. The van der Waals surface area contributed by atoms with Gasteiger partial charge in [0.15, 0.2) is 5.58 Å². The van der Waals surface area contributed by atoms with Gasteiger partial charge in [0.25, 0.3) is 0 Å². The van der Waals surface area contributed by atoms with Gasteiger partial charge in [-0.1, -0.05) is 18.2 Å². The van der Waals surface area contributed by atoms with Gasteiger partial charge in [0.05, 0.1) is 24.9 Å². The molecular formula is C15H14N2O3. The second-order valence-corrected chi connectivity index (χ2v) is 4.50. The summed E-state index contributed by atoms with van der Waals surface area (Å²) in [6, 6.07) is 12.8. The summed E-state index contributed by atoms with van der Waals surface area (Å²) in [4.78, 5) is 11.9. The summed E-state index contributed by atoms with van der Waals surface area (Å²) < 4.78 is 11.9. The Hall–Kier alpha value is -2.69. The van der Waals surface area contributed by atoms with Crippen LogP contribution in [0.4, 0.5) is 5.69 Å². The first-order valence-corrected chi connectivity index (χ1v) is 6.20. The number of ether oxygens (including phenoxy) is 1. The van der Waals surface area contributed by atoms with Crippen LogP contribution in [-0.4, -0.2) is 11.7 Å². The molecule has 2 N–H and O–H groups in total. The maximum Gasteiger partial charge on any atom is 0.420 e. The molecule has 3 aromatic rings. The van der Waals surface area contributed by atoms with E-state index in [0.717, 1.165) is 11.1 Å². The van der Waals surface area contributed by atoms with Crippen LogP contribution >= 0.6 is 0 Å². The highest BCUT2D eigenvalue weighted by Gasteiger charge is 2.09. The Kier molecular flexibility index (Phi) is 2.95. The van der Waals surface area contributed by atoms with Gasteiger partial charge in [-0.25, -0.2) is 4.79 Å². The molecule has 0 aliphatic carbocycles. The second kappa shape index (κ2) is 4.77. The van der Waals surface area contributed by atoms with Crippen LogP contribution in [0.1, 0.15) is 5.56 Å². The Balaban J connectivity index is 2.03. The number of anilines is 1. The highest BCUT2D eigenvalue weighted by atomic mass is 16.5. The molecule has 5 heteroatoms. The fourth-order valence-electron chi connectivity index (χ4n) is 2.23. The Bertz CT molecular complexity index is 817. The van der Waals surface area contributed by atoms with E-state index in [1.54, 1.807) is 29.9 Å². The molecule has 1 heterocycles. The zero-order valence-electron chi connectivity index (χ0n) is 11.0. The van der Waals surface area contributed by atoms with Crippen LogP contribution in [0.15, 0.2) is 51.7 Å². The summed E-state index contributed by atoms with van der Waals surface area (Å²) in [6.45, 7) is 0.407. The molecule has 0 radical (unpaired) electrons. The van der Waals surface area contributed by atoms with E-state index in [-0.39, 0.29) is 5.76 Å². The minimum atomic E-state index is -0.374. The molecule has 0 saturated heterocycles. The van der Waals surface area contributed by atoms with E-state index in [1.807, 2.05) is 24.3 Å². The van der Waals surface area contributed by atoms with Crippen LogP contribution in [0.5, 0.6) is 5.75 Å². The molecule has 0 bridgehead atoms. The first-order chi connectivity index (χ1) is 9.69. The van der Waals surface area contributed by atoms with Gasteiger partial charge >= 0.3 is 5.76 Å². The lowest BCUT2D eigenvalue weighted by molar-refractivity contribution is 0.417. The Morgan fingerprint density at radius 3 is 2.80 bits per heavy atom. The number of hydrogen-bond acceptors (Lipinski definition) is 4. The van der Waals surface area contributed by atoms with Crippen LogP contribution in [-0.2, 0) is 6.54 Å². The fourth-order valence-corrected chi connectivity index (χ4v) is 2.23. The van der Waals surface area contributed by atoms with Crippen molar-refractivity contribution in [3.8, 4) is 5.75 Å². The molecule has 0 spiro atoms. The molecule has 0 atom stereocenters. The standard InChI is InChI=1S/C15H14N2O3/c1-19-13-7-6-10(8-11(13)16)9-17-12-4-2-3-5-14(12)20-15(17)18/h2-8H,9,16H2,1H3. The van der Waals surface area contributed by atoms with Gasteiger partial charge in [-0.05, 0) is 29.8 Å². The van der Waals surface area contributed by atoms with E-state index < -0.39 is 0 Å². The molecule has 0 saturated carbocycles. The maximum atomic E-state index is 11.9. The van der Waals surface area contributed by atoms with Crippen LogP contribution in [0.2, 0.25) is 0 Å². The quantitative estimate of drug-likeness (QED) is 0.741. The molecule has 0 unspecified atom stereocenters. The zero-order chi connectivity index (χ0) is 14.1. The average Bonchev–Trinajstić information content (AvgIpc) is 2.76. The van der Waals surface area contributed by atoms with Crippen molar-refractivity contribution in [2.24, 2.45) is 0 Å². The second-order valence-electron chi connectivity index (χ2n) is 4.50. The molecule has 3 rings (SSSR count). The van der Waals surface area contributed by atoms with Crippen molar-refractivity contribution in [1.29, 1.82) is 0 Å². The zero-order valence-corrected chi connectivity index (χ0v) is 11.0. The Morgan fingerprint density at radius 1 is 1.25 bits per heavy atom. The van der Waals surface area contributed by atoms with Gasteiger partial charge in [-0.15, -0.1) is 0 Å². The lowest BCUT2D eigenvalue weighted by Gasteiger charge is -2.07. The minimum Gasteiger partial charge on any atom is -0.495 e. The number of oxazole rings is 1. The summed E-state index contributed by atoms with van der Waals surface area (Å²) in [5, 5.41) is 0. The number of rotatable bonds is 3. The van der Waals surface area contributed by atoms with Gasteiger partial charge in [-0.3, -0.25) is 4.57 Å². The number of nitrogens with two attached hydrogens (primary N) is 1. The van der Waals surface area contributed by atoms with Crippen molar-refractivity contribution in [2.45, 2.75) is 6.54 Å². The molecular weight excluding hydrogens is 256 g/mol. The number of methoxy groups -OCH3 is 1. The highest BCUT2D eigenvalue weighted by molar-refractivity contribution is 5.72. The summed E-state index contributed by atoms with van der Waals surface area (Å²) in [5.74, 6) is 0.249. The predicted molar refractivity (Wildman–Crippen MR) is 77.0 cm³/mol. The Labute approximate surface area is 115 Å². The van der Waals surface area contributed by atoms with Gasteiger partial charge in [-0.2, -0.15) is 0 Å². The molecule has 102 valence electrons. The number of para-hydroxylation sites is 2. The first kappa shape index (κ1) is 12.3. The van der Waals surface area contributed by atoms with E-state index >= 15 is 0 Å². The van der Waals surface area contributed by atoms with Gasteiger partial charge in [0.2, 0.25) is 0 Å². The summed E-state index contributed by atoms with van der Waals surface area (Å²) in [7, 11) is 1.57. The first-order valence-electron chi connectivity index (χ1n) is 6.20. The number of nitrogen functional groups attached to an aromatic ring is 1. The molecule has 0 aliphatic rings. The van der Waals surface area contributed by atoms with Crippen LogP contribution in [0, 0.1) is 0 Å². The fraction of sp³-hybridized carbons (Fsp3) is 0.133. The van der Waals surface area contributed by atoms with Gasteiger partial charge in [0, 0.05) is 0 Å². The third kappa shape index (κ3) is 2.03. The van der Waals surface area contributed by atoms with E-state index in [4.69, 9.17) is 14.9 Å². The topological polar surface area (TPSA) is 70.4 Å². The van der Waals surface area contributed by atoms with Crippen molar-refractivity contribution < 1.29 is 9.15 Å². The van der Waals surface area contributed by atoms with Crippen LogP contribution < -0.4 is 16.2 Å². The van der Waals surface area contributed by atoms with E-state index in [0.29, 0.717) is 23.6 Å². The van der Waals surface area contributed by atoms with E-state index in [1.165, 1.54) is 0 Å². The summed E-state index contributed by atoms with van der Waals surface area (Å²) in [5.41, 5.74) is 8.69. The number of hydrogen-bond donors (Lipinski definition) is 1. The van der Waals surface area contributed by atoms with Crippen molar-refractivity contribution in [3.05, 3.63) is 58.6 Å². The smallest absolute Gasteiger partial charge is 0.420 e. The van der Waals surface area contributed by atoms with E-state index in [9.17, 15) is 4.79 Å². The maximum absolute atomic E-state index is 11.9. The van der Waals surface area contributed by atoms with Crippen molar-refractivity contribution in [1.82, 2.24) is 4.57 Å². The molecule has 0 fully saturated rings. The lowest BCUT2D eigenvalue weighted by Crippen LogP contribution is -2.15. The van der Waals surface area contributed by atoms with E-state index in [2.05, 4.69) is 0 Å². The molecule has 5 nitrogen and oxygen atoms in total. The largest absolute Gasteiger partial charge is 0.495 e. The highest BCUT2D eigenvalue weighted by Crippen LogP contribution is 2.23. The van der Waals surface area contributed by atoms with Crippen LogP contribution in [0.25, 0.3) is 11.1 Å². The minimum absolute atomic E-state index is 0.374. The summed E-state index contributed by atoms with van der Waals surface area (Å²) >= 11 is 0. The number of fused-ring (bicyclic) bond motifs is 1. The lowest BCUT2D eigenvalue weighted by atomic mass is 10.2. The normalized spacial score (nSPS) is 10.8. The van der Waals surface area contributed by atoms with Crippen LogP contribution in [0.3, 0.4) is 0 Å². The van der Waals surface area contributed by atoms with Crippen molar-refractivity contribution in [3.63, 3.8) is 0 Å². The van der Waals surface area contributed by atoms with Crippen molar-refractivity contribution in [2.75, 3.05) is 12.8 Å². The predicted octanol–water partition coefficient (Wildman–Crippen LogP) is 2.23. The number of aromatic nitrogens is 1. The monoisotopic (exact) mass is 270 g/mol. The van der Waals surface area contributed by atoms with Gasteiger partial charge in [0.1, 0.15) is 5.75 Å². The third-order valence-electron chi connectivity index (χ3n) is 3.21. The van der Waals surface area contributed by atoms with Crippen molar-refractivity contribution >= 4 is 16.8 Å². The third-order valence-corrected chi connectivity index (χ3v) is 3.21. The molecule has 0 amide bonds. The molecule has 0 aliphatic heterocycles. The molecule has 20 heavy (non-hydrogen) atoms.